The number of rotatable bonds is 1. The van der Waals surface area contributed by atoms with Crippen molar-refractivity contribution >= 4 is 40.1 Å². The maximum Gasteiger partial charge on any atom is 0.238 e. The standard InChI is InChI=1S/C16H14INO2/c17-11-2-1-3-12(8-11)18-15(19)13-9-4-5-10(7-6-9)14(13)16(18)20/h1-5,8-10,13-14H,6-7H2/t9-,10-,13-,14+/m1/s1. The maximum absolute atomic E-state index is 12.7. The minimum atomic E-state index is -0.121. The van der Waals surface area contributed by atoms with Crippen molar-refractivity contribution in [3.63, 3.8) is 0 Å². The second-order valence-electron chi connectivity index (χ2n) is 5.83. The van der Waals surface area contributed by atoms with Crippen molar-refractivity contribution in [1.82, 2.24) is 0 Å². The molecule has 4 atom stereocenters. The van der Waals surface area contributed by atoms with E-state index in [1.165, 1.54) is 4.90 Å². The molecule has 0 unspecified atom stereocenters. The summed E-state index contributed by atoms with van der Waals surface area (Å²) in [7, 11) is 0. The molecule has 2 fully saturated rings. The van der Waals surface area contributed by atoms with Crippen molar-refractivity contribution < 1.29 is 9.59 Å². The minimum absolute atomic E-state index is 0.000972. The number of hydrogen-bond acceptors (Lipinski definition) is 2. The van der Waals surface area contributed by atoms with Crippen LogP contribution in [0.4, 0.5) is 5.69 Å². The first kappa shape index (κ1) is 12.6. The average Bonchev–Trinajstić information content (AvgIpc) is 2.74. The van der Waals surface area contributed by atoms with E-state index in [1.54, 1.807) is 0 Å². The van der Waals surface area contributed by atoms with E-state index in [1.807, 2.05) is 24.3 Å². The number of halogens is 1. The zero-order valence-electron chi connectivity index (χ0n) is 10.8. The summed E-state index contributed by atoms with van der Waals surface area (Å²) in [6, 6.07) is 7.62. The molecule has 0 aromatic heterocycles. The number of anilines is 1. The van der Waals surface area contributed by atoms with Gasteiger partial charge in [0.25, 0.3) is 0 Å². The van der Waals surface area contributed by atoms with Crippen LogP contribution in [0.15, 0.2) is 36.4 Å². The minimum Gasteiger partial charge on any atom is -0.274 e. The Labute approximate surface area is 131 Å². The lowest BCUT2D eigenvalue weighted by Gasteiger charge is -2.38. The quantitative estimate of drug-likeness (QED) is 0.428. The van der Waals surface area contributed by atoms with Crippen LogP contribution in [0.2, 0.25) is 0 Å². The molecule has 3 nitrogen and oxygen atoms in total. The lowest BCUT2D eigenvalue weighted by molar-refractivity contribution is -0.124. The largest absolute Gasteiger partial charge is 0.274 e. The Morgan fingerprint density at radius 2 is 1.60 bits per heavy atom. The molecule has 102 valence electrons. The molecular formula is C16H14INO2. The van der Waals surface area contributed by atoms with Gasteiger partial charge in [-0.15, -0.1) is 0 Å². The van der Waals surface area contributed by atoms with Gasteiger partial charge in [-0.05, 0) is 65.5 Å². The fourth-order valence-electron chi connectivity index (χ4n) is 3.94. The Hall–Kier alpha value is -1.17. The zero-order chi connectivity index (χ0) is 13.9. The summed E-state index contributed by atoms with van der Waals surface area (Å²) in [5.41, 5.74) is 0.723. The number of carbonyl (C=O) groups is 2. The highest BCUT2D eigenvalue weighted by atomic mass is 127. The Balaban J connectivity index is 1.77. The third kappa shape index (κ3) is 1.63. The first-order valence-electron chi connectivity index (χ1n) is 6.98. The number of carbonyl (C=O) groups excluding carboxylic acids is 2. The highest BCUT2D eigenvalue weighted by molar-refractivity contribution is 14.1. The summed E-state index contributed by atoms with van der Waals surface area (Å²) >= 11 is 2.21. The molecule has 2 amide bonds. The molecule has 1 saturated carbocycles. The summed E-state index contributed by atoms with van der Waals surface area (Å²) in [4.78, 5) is 26.9. The molecule has 0 radical (unpaired) electrons. The third-order valence-corrected chi connectivity index (χ3v) is 5.50. The van der Waals surface area contributed by atoms with Crippen molar-refractivity contribution in [2.45, 2.75) is 12.8 Å². The van der Waals surface area contributed by atoms with Crippen LogP contribution in [0, 0.1) is 27.2 Å². The smallest absolute Gasteiger partial charge is 0.238 e. The third-order valence-electron chi connectivity index (χ3n) is 4.83. The van der Waals surface area contributed by atoms with Crippen molar-refractivity contribution in [2.24, 2.45) is 23.7 Å². The molecule has 4 aliphatic rings. The van der Waals surface area contributed by atoms with Crippen molar-refractivity contribution in [3.8, 4) is 0 Å². The van der Waals surface area contributed by atoms with Crippen LogP contribution in [-0.2, 0) is 9.59 Å². The molecule has 1 saturated heterocycles. The molecule has 1 heterocycles. The summed E-state index contributed by atoms with van der Waals surface area (Å²) in [6.07, 6.45) is 6.39. The van der Waals surface area contributed by atoms with Crippen LogP contribution in [0.25, 0.3) is 0 Å². The molecule has 3 aliphatic carbocycles. The van der Waals surface area contributed by atoms with Crippen LogP contribution in [-0.4, -0.2) is 11.8 Å². The van der Waals surface area contributed by atoms with Crippen molar-refractivity contribution in [3.05, 3.63) is 40.0 Å². The normalized spacial score (nSPS) is 34.8. The van der Waals surface area contributed by atoms with E-state index < -0.39 is 0 Å². The van der Waals surface area contributed by atoms with Gasteiger partial charge in [0, 0.05) is 3.57 Å². The van der Waals surface area contributed by atoms with Gasteiger partial charge in [0.1, 0.15) is 0 Å². The van der Waals surface area contributed by atoms with Gasteiger partial charge in [-0.3, -0.25) is 9.59 Å². The van der Waals surface area contributed by atoms with E-state index in [9.17, 15) is 9.59 Å². The number of fused-ring (bicyclic) bond motifs is 1. The number of benzene rings is 1. The fourth-order valence-corrected chi connectivity index (χ4v) is 4.47. The van der Waals surface area contributed by atoms with Gasteiger partial charge in [0.05, 0.1) is 17.5 Å². The first-order valence-corrected chi connectivity index (χ1v) is 8.06. The average molecular weight is 379 g/mol. The molecule has 0 N–H and O–H groups in total. The van der Waals surface area contributed by atoms with E-state index in [-0.39, 0.29) is 35.5 Å². The molecule has 5 rings (SSSR count). The Morgan fingerprint density at radius 1 is 1.00 bits per heavy atom. The van der Waals surface area contributed by atoms with Crippen LogP contribution < -0.4 is 4.90 Å². The monoisotopic (exact) mass is 379 g/mol. The van der Waals surface area contributed by atoms with Crippen LogP contribution in [0.5, 0.6) is 0 Å². The molecule has 1 aromatic rings. The predicted octanol–water partition coefficient (Wildman–Crippen LogP) is 2.99. The van der Waals surface area contributed by atoms with Gasteiger partial charge in [0.2, 0.25) is 11.8 Å². The van der Waals surface area contributed by atoms with Crippen LogP contribution in [0.1, 0.15) is 12.8 Å². The summed E-state index contributed by atoms with van der Waals surface area (Å²) in [6.45, 7) is 0. The van der Waals surface area contributed by atoms with Gasteiger partial charge >= 0.3 is 0 Å². The Kier molecular flexibility index (Phi) is 2.77. The van der Waals surface area contributed by atoms with Crippen molar-refractivity contribution in [1.29, 1.82) is 0 Å². The SMILES string of the molecule is O=C1[C@@H]2[C@H](C(=O)N1c1cccc(I)c1)[C@@H]1C=C[C@@H]2CC1. The summed E-state index contributed by atoms with van der Waals surface area (Å²) in [5, 5.41) is 0. The predicted molar refractivity (Wildman–Crippen MR) is 84.0 cm³/mol. The lowest BCUT2D eigenvalue weighted by atomic mass is 9.63. The van der Waals surface area contributed by atoms with E-state index in [4.69, 9.17) is 0 Å². The van der Waals surface area contributed by atoms with Gasteiger partial charge in [-0.25, -0.2) is 4.90 Å². The fraction of sp³-hybridized carbons (Fsp3) is 0.375. The van der Waals surface area contributed by atoms with E-state index in [0.717, 1.165) is 22.1 Å². The molecule has 1 aromatic carbocycles. The Bertz CT molecular complexity index is 607. The molecule has 4 heteroatoms. The number of hydrogen-bond donors (Lipinski definition) is 0. The lowest BCUT2D eigenvalue weighted by Crippen LogP contribution is -2.38. The Morgan fingerprint density at radius 3 is 2.10 bits per heavy atom. The number of allylic oxidation sites excluding steroid dienone is 2. The number of nitrogens with zero attached hydrogens (tertiary/aromatic N) is 1. The van der Waals surface area contributed by atoms with Crippen LogP contribution in [0.3, 0.4) is 0 Å². The molecular weight excluding hydrogens is 365 g/mol. The maximum atomic E-state index is 12.7. The van der Waals surface area contributed by atoms with Crippen LogP contribution >= 0.6 is 22.6 Å². The zero-order valence-corrected chi connectivity index (χ0v) is 13.0. The van der Waals surface area contributed by atoms with Gasteiger partial charge in [-0.1, -0.05) is 18.2 Å². The summed E-state index contributed by atoms with van der Waals surface area (Å²) < 4.78 is 1.04. The first-order chi connectivity index (χ1) is 9.66. The molecule has 2 bridgehead atoms. The number of amides is 2. The second-order valence-corrected chi connectivity index (χ2v) is 7.08. The molecule has 1 aliphatic heterocycles. The van der Waals surface area contributed by atoms with E-state index in [0.29, 0.717) is 0 Å². The van der Waals surface area contributed by atoms with Gasteiger partial charge in [0.15, 0.2) is 0 Å². The molecule has 20 heavy (non-hydrogen) atoms. The highest BCUT2D eigenvalue weighted by Gasteiger charge is 2.56. The van der Waals surface area contributed by atoms with E-state index >= 15 is 0 Å². The van der Waals surface area contributed by atoms with E-state index in [2.05, 4.69) is 34.7 Å². The van der Waals surface area contributed by atoms with Gasteiger partial charge in [-0.2, -0.15) is 0 Å². The second kappa shape index (κ2) is 4.41. The highest BCUT2D eigenvalue weighted by Crippen LogP contribution is 2.50. The van der Waals surface area contributed by atoms with Crippen molar-refractivity contribution in [2.75, 3.05) is 4.90 Å². The molecule has 0 spiro atoms. The number of imide groups is 1. The van der Waals surface area contributed by atoms with Gasteiger partial charge < -0.3 is 0 Å². The summed E-state index contributed by atoms with van der Waals surface area (Å²) in [5.74, 6) is 0.277. The topological polar surface area (TPSA) is 37.4 Å².